The first kappa shape index (κ1) is 8.66. The summed E-state index contributed by atoms with van der Waals surface area (Å²) in [5.74, 6) is -0.244. The molecule has 0 amide bonds. The van der Waals surface area contributed by atoms with Crippen molar-refractivity contribution >= 4 is 22.9 Å². The van der Waals surface area contributed by atoms with Crippen molar-refractivity contribution in [2.24, 2.45) is 0 Å². The topological polar surface area (TPSA) is 12.9 Å². The molecule has 0 saturated heterocycles. The Kier molecular flexibility index (Phi) is 2.29. The van der Waals surface area contributed by atoms with Gasteiger partial charge in [-0.1, -0.05) is 11.6 Å². The first-order valence-electron chi connectivity index (χ1n) is 3.63. The molecule has 4 heteroatoms. The molecule has 1 nitrogen and oxygen atoms in total. The fourth-order valence-corrected chi connectivity index (χ4v) is 1.90. The summed E-state index contributed by atoms with van der Waals surface area (Å²) in [5.41, 5.74) is 0.887. The Morgan fingerprint density at radius 3 is 2.46 bits per heavy atom. The molecular weight excluding hydrogens is 209 g/mol. The van der Waals surface area contributed by atoms with Gasteiger partial charge in [0, 0.05) is 5.56 Å². The molecule has 0 aliphatic carbocycles. The van der Waals surface area contributed by atoms with Crippen LogP contribution >= 0.6 is 22.9 Å². The highest BCUT2D eigenvalue weighted by atomic mass is 35.5. The molecule has 1 aromatic carbocycles. The number of hydrogen-bond donors (Lipinski definition) is 0. The van der Waals surface area contributed by atoms with Gasteiger partial charge >= 0.3 is 0 Å². The van der Waals surface area contributed by atoms with E-state index in [9.17, 15) is 4.39 Å². The first-order chi connectivity index (χ1) is 6.25. The molecule has 2 rings (SSSR count). The van der Waals surface area contributed by atoms with Crippen LogP contribution in [0.15, 0.2) is 30.5 Å². The normalized spacial score (nSPS) is 10.3. The number of thiazole rings is 1. The molecule has 0 radical (unpaired) electrons. The Bertz CT molecular complexity index is 410. The number of nitrogens with zero attached hydrogens (tertiary/aromatic N) is 1. The van der Waals surface area contributed by atoms with Gasteiger partial charge in [0.05, 0.1) is 6.20 Å². The maximum absolute atomic E-state index is 12.6. The predicted molar refractivity (Wildman–Crippen MR) is 52.5 cm³/mol. The van der Waals surface area contributed by atoms with Crippen LogP contribution in [0.2, 0.25) is 4.34 Å². The molecule has 0 spiro atoms. The van der Waals surface area contributed by atoms with Gasteiger partial charge in [0.2, 0.25) is 0 Å². The second-order valence-corrected chi connectivity index (χ2v) is 4.14. The number of halogens is 2. The van der Waals surface area contributed by atoms with E-state index in [0.29, 0.717) is 4.34 Å². The van der Waals surface area contributed by atoms with Crippen LogP contribution in [-0.2, 0) is 0 Å². The third kappa shape index (κ3) is 1.87. The smallest absolute Gasteiger partial charge is 0.124 e. The maximum Gasteiger partial charge on any atom is 0.124 e. The van der Waals surface area contributed by atoms with E-state index < -0.39 is 0 Å². The molecular formula is C9H5ClFNS. The average molecular weight is 214 g/mol. The van der Waals surface area contributed by atoms with E-state index in [0.717, 1.165) is 10.6 Å². The van der Waals surface area contributed by atoms with E-state index in [2.05, 4.69) is 4.98 Å². The van der Waals surface area contributed by atoms with Crippen molar-refractivity contribution in [3.63, 3.8) is 0 Å². The fraction of sp³-hybridized carbons (Fsp3) is 0. The van der Waals surface area contributed by atoms with Gasteiger partial charge in [-0.05, 0) is 24.3 Å². The Morgan fingerprint density at radius 2 is 1.92 bits per heavy atom. The fourth-order valence-electron chi connectivity index (χ4n) is 0.980. The van der Waals surface area contributed by atoms with Gasteiger partial charge in [0.25, 0.3) is 0 Å². The highest BCUT2D eigenvalue weighted by Crippen LogP contribution is 2.27. The lowest BCUT2D eigenvalue weighted by atomic mass is 10.2. The molecule has 0 fully saturated rings. The van der Waals surface area contributed by atoms with Gasteiger partial charge in [-0.25, -0.2) is 9.37 Å². The SMILES string of the molecule is Fc1ccc(-c2ncc(Cl)s2)cc1. The van der Waals surface area contributed by atoms with Crippen molar-refractivity contribution in [1.29, 1.82) is 0 Å². The minimum absolute atomic E-state index is 0.244. The van der Waals surface area contributed by atoms with Crippen LogP contribution < -0.4 is 0 Å². The van der Waals surface area contributed by atoms with Crippen molar-refractivity contribution in [2.45, 2.75) is 0 Å². The Morgan fingerprint density at radius 1 is 1.23 bits per heavy atom. The minimum Gasteiger partial charge on any atom is -0.243 e. The van der Waals surface area contributed by atoms with E-state index in [1.54, 1.807) is 18.3 Å². The second kappa shape index (κ2) is 3.44. The van der Waals surface area contributed by atoms with Crippen LogP contribution in [0.3, 0.4) is 0 Å². The van der Waals surface area contributed by atoms with Crippen LogP contribution in [0.25, 0.3) is 10.6 Å². The van der Waals surface area contributed by atoms with Crippen molar-refractivity contribution in [1.82, 2.24) is 4.98 Å². The van der Waals surface area contributed by atoms with Crippen LogP contribution in [0.4, 0.5) is 4.39 Å². The highest BCUT2D eigenvalue weighted by Gasteiger charge is 2.02. The van der Waals surface area contributed by atoms with E-state index in [1.807, 2.05) is 0 Å². The second-order valence-electron chi connectivity index (χ2n) is 2.48. The van der Waals surface area contributed by atoms with Gasteiger partial charge < -0.3 is 0 Å². The van der Waals surface area contributed by atoms with Crippen molar-refractivity contribution in [2.75, 3.05) is 0 Å². The molecule has 0 aliphatic rings. The number of rotatable bonds is 1. The Labute approximate surface area is 83.8 Å². The first-order valence-corrected chi connectivity index (χ1v) is 4.82. The van der Waals surface area contributed by atoms with E-state index >= 15 is 0 Å². The summed E-state index contributed by atoms with van der Waals surface area (Å²) in [6, 6.07) is 6.18. The number of aromatic nitrogens is 1. The minimum atomic E-state index is -0.244. The van der Waals surface area contributed by atoms with Gasteiger partial charge in [0.15, 0.2) is 0 Å². The van der Waals surface area contributed by atoms with Crippen LogP contribution in [0.5, 0.6) is 0 Å². The molecule has 1 heterocycles. The van der Waals surface area contributed by atoms with Crippen molar-refractivity contribution in [3.05, 3.63) is 40.6 Å². The third-order valence-corrected chi connectivity index (χ3v) is 2.73. The largest absolute Gasteiger partial charge is 0.243 e. The molecule has 0 bridgehead atoms. The van der Waals surface area contributed by atoms with Crippen LogP contribution in [0, 0.1) is 5.82 Å². The molecule has 66 valence electrons. The van der Waals surface area contributed by atoms with Crippen molar-refractivity contribution in [3.8, 4) is 10.6 Å². The summed E-state index contributed by atoms with van der Waals surface area (Å²) in [6.45, 7) is 0. The zero-order chi connectivity index (χ0) is 9.26. The summed E-state index contributed by atoms with van der Waals surface area (Å²) in [6.07, 6.45) is 1.59. The third-order valence-electron chi connectivity index (χ3n) is 1.57. The quantitative estimate of drug-likeness (QED) is 0.705. The lowest BCUT2D eigenvalue weighted by molar-refractivity contribution is 0.628. The van der Waals surface area contributed by atoms with Crippen LogP contribution in [0.1, 0.15) is 0 Å². The van der Waals surface area contributed by atoms with Gasteiger partial charge in [-0.15, -0.1) is 11.3 Å². The molecule has 0 saturated carbocycles. The van der Waals surface area contributed by atoms with Crippen LogP contribution in [-0.4, -0.2) is 4.98 Å². The van der Waals surface area contributed by atoms with E-state index in [4.69, 9.17) is 11.6 Å². The average Bonchev–Trinajstić information content (AvgIpc) is 2.53. The lowest BCUT2D eigenvalue weighted by Gasteiger charge is -1.93. The molecule has 0 unspecified atom stereocenters. The number of hydrogen-bond acceptors (Lipinski definition) is 2. The zero-order valence-electron chi connectivity index (χ0n) is 6.50. The van der Waals surface area contributed by atoms with E-state index in [-0.39, 0.29) is 5.82 Å². The predicted octanol–water partition coefficient (Wildman–Crippen LogP) is 3.60. The molecule has 13 heavy (non-hydrogen) atoms. The molecule has 2 aromatic rings. The molecule has 0 N–H and O–H groups in total. The monoisotopic (exact) mass is 213 g/mol. The Hall–Kier alpha value is -0.930. The lowest BCUT2D eigenvalue weighted by Crippen LogP contribution is -1.76. The van der Waals surface area contributed by atoms with Gasteiger partial charge in [-0.3, -0.25) is 0 Å². The van der Waals surface area contributed by atoms with E-state index in [1.165, 1.54) is 23.5 Å². The maximum atomic E-state index is 12.6. The van der Waals surface area contributed by atoms with Gasteiger partial charge in [0.1, 0.15) is 15.2 Å². The van der Waals surface area contributed by atoms with Gasteiger partial charge in [-0.2, -0.15) is 0 Å². The standard InChI is InChI=1S/C9H5ClFNS/c10-8-5-12-9(13-8)6-1-3-7(11)4-2-6/h1-5H. The summed E-state index contributed by atoms with van der Waals surface area (Å²) >= 11 is 7.10. The molecule has 0 aliphatic heterocycles. The summed E-state index contributed by atoms with van der Waals surface area (Å²) in [5, 5.41) is 0.810. The number of benzene rings is 1. The summed E-state index contributed by atoms with van der Waals surface area (Å²) in [7, 11) is 0. The van der Waals surface area contributed by atoms with Crippen molar-refractivity contribution < 1.29 is 4.39 Å². The summed E-state index contributed by atoms with van der Waals surface area (Å²) in [4.78, 5) is 4.08. The highest BCUT2D eigenvalue weighted by molar-refractivity contribution is 7.18. The Balaban J connectivity index is 2.41. The zero-order valence-corrected chi connectivity index (χ0v) is 8.07. The molecule has 1 aromatic heterocycles. The summed E-state index contributed by atoms with van der Waals surface area (Å²) < 4.78 is 13.2. The molecule has 0 atom stereocenters.